The molecule has 3 heteroatoms. The van der Waals surface area contributed by atoms with E-state index in [1.165, 1.54) is 63.6 Å². The van der Waals surface area contributed by atoms with Crippen molar-refractivity contribution >= 4 is 63.8 Å². The summed E-state index contributed by atoms with van der Waals surface area (Å²) < 4.78 is 2.63. The van der Waals surface area contributed by atoms with Gasteiger partial charge in [-0.2, -0.15) is 0 Å². The van der Waals surface area contributed by atoms with Crippen molar-refractivity contribution < 1.29 is 0 Å². The lowest BCUT2D eigenvalue weighted by Crippen LogP contribution is -1.97. The fourth-order valence-corrected chi connectivity index (χ4v) is 8.50. The van der Waals surface area contributed by atoms with Gasteiger partial charge in [0.15, 0.2) is 5.82 Å². The van der Waals surface area contributed by atoms with Crippen molar-refractivity contribution in [2.45, 2.75) is 0 Å². The summed E-state index contributed by atoms with van der Waals surface area (Å²) in [5.41, 5.74) is 7.45. The average Bonchev–Trinajstić information content (AvgIpc) is 3.56. The molecule has 2 nitrogen and oxygen atoms in total. The van der Waals surface area contributed by atoms with Gasteiger partial charge in [-0.15, -0.1) is 11.3 Å². The first-order valence-electron chi connectivity index (χ1n) is 16.6. The lowest BCUT2D eigenvalue weighted by atomic mass is 9.91. The summed E-state index contributed by atoms with van der Waals surface area (Å²) >= 11 is 1.85. The van der Waals surface area contributed by atoms with Crippen LogP contribution < -0.4 is 0 Å². The Morgan fingerprint density at radius 3 is 1.90 bits per heavy atom. The third-order valence-electron chi connectivity index (χ3n) is 9.68. The number of benzene rings is 8. The first-order chi connectivity index (χ1) is 24.3. The molecule has 0 aliphatic heterocycles. The summed E-state index contributed by atoms with van der Waals surface area (Å²) in [7, 11) is 0. The molecule has 0 N–H and O–H groups in total. The van der Waals surface area contributed by atoms with Gasteiger partial charge >= 0.3 is 0 Å². The third kappa shape index (κ3) is 4.62. The molecule has 0 bridgehead atoms. The van der Waals surface area contributed by atoms with Gasteiger partial charge in [-0.1, -0.05) is 146 Å². The van der Waals surface area contributed by atoms with Crippen LogP contribution in [0.15, 0.2) is 170 Å². The van der Waals surface area contributed by atoms with Crippen LogP contribution in [0.3, 0.4) is 0 Å². The minimum Gasteiger partial charge on any atom is -0.228 e. The number of fused-ring (bicyclic) bond motifs is 7. The average molecular weight is 641 g/mol. The monoisotopic (exact) mass is 640 g/mol. The molecule has 2 heterocycles. The molecule has 0 saturated carbocycles. The second-order valence-corrected chi connectivity index (χ2v) is 13.6. The van der Waals surface area contributed by atoms with E-state index in [1.54, 1.807) is 0 Å². The summed E-state index contributed by atoms with van der Waals surface area (Å²) in [6.07, 6.45) is 0. The maximum Gasteiger partial charge on any atom is 0.160 e. The Balaban J connectivity index is 1.19. The molecular weight excluding hydrogens is 613 g/mol. The number of thiophene rings is 1. The van der Waals surface area contributed by atoms with Crippen molar-refractivity contribution in [3.63, 3.8) is 0 Å². The van der Waals surface area contributed by atoms with Gasteiger partial charge in [0.2, 0.25) is 0 Å². The van der Waals surface area contributed by atoms with Crippen LogP contribution in [0.1, 0.15) is 0 Å². The standard InChI is InChI=1S/C46H28N2S/c1-2-12-32(13-3-1)46-47-40(31-23-21-30(22-24-31)35-18-10-20-43-45(35)38-17-8-9-19-42(38)49-43)28-41(48-46)44-36-16-7-5-14-33(36)27-39-34-15-6-4-11-29(34)25-26-37(39)44/h1-28H. The molecule has 0 amide bonds. The number of rotatable bonds is 4. The molecule has 0 aliphatic rings. The fourth-order valence-electron chi connectivity index (χ4n) is 7.37. The second-order valence-electron chi connectivity index (χ2n) is 12.5. The highest BCUT2D eigenvalue weighted by molar-refractivity contribution is 7.25. The van der Waals surface area contributed by atoms with Gasteiger partial charge in [0.1, 0.15) is 0 Å². The highest BCUT2D eigenvalue weighted by Crippen LogP contribution is 2.42. The quantitative estimate of drug-likeness (QED) is 0.141. The fraction of sp³-hybridized carbons (Fsp3) is 0. The Morgan fingerprint density at radius 1 is 0.367 bits per heavy atom. The Hall–Kier alpha value is -6.16. The third-order valence-corrected chi connectivity index (χ3v) is 10.8. The molecule has 0 unspecified atom stereocenters. The van der Waals surface area contributed by atoms with Crippen LogP contribution in [0, 0.1) is 0 Å². The smallest absolute Gasteiger partial charge is 0.160 e. The number of hydrogen-bond donors (Lipinski definition) is 0. The van der Waals surface area contributed by atoms with Crippen LogP contribution in [-0.2, 0) is 0 Å². The molecule has 8 aromatic carbocycles. The highest BCUT2D eigenvalue weighted by atomic mass is 32.1. The maximum atomic E-state index is 5.29. The molecule has 0 aliphatic carbocycles. The lowest BCUT2D eigenvalue weighted by Gasteiger charge is -2.15. The predicted octanol–water partition coefficient (Wildman–Crippen LogP) is 13.0. The maximum absolute atomic E-state index is 5.29. The van der Waals surface area contributed by atoms with E-state index in [0.29, 0.717) is 5.82 Å². The molecule has 10 rings (SSSR count). The van der Waals surface area contributed by atoms with Crippen LogP contribution >= 0.6 is 11.3 Å². The Kier molecular flexibility index (Phi) is 6.39. The molecule has 0 atom stereocenters. The lowest BCUT2D eigenvalue weighted by molar-refractivity contribution is 1.19. The minimum absolute atomic E-state index is 0.716. The first-order valence-corrected chi connectivity index (χ1v) is 17.4. The van der Waals surface area contributed by atoms with E-state index < -0.39 is 0 Å². The zero-order valence-electron chi connectivity index (χ0n) is 26.5. The van der Waals surface area contributed by atoms with E-state index in [1.807, 2.05) is 29.5 Å². The Morgan fingerprint density at radius 2 is 1.04 bits per heavy atom. The van der Waals surface area contributed by atoms with Gasteiger partial charge < -0.3 is 0 Å². The van der Waals surface area contributed by atoms with Gasteiger partial charge in [0.05, 0.1) is 11.4 Å². The molecular formula is C46H28N2S. The van der Waals surface area contributed by atoms with Crippen molar-refractivity contribution in [1.82, 2.24) is 9.97 Å². The van der Waals surface area contributed by atoms with Crippen molar-refractivity contribution in [2.75, 3.05) is 0 Å². The van der Waals surface area contributed by atoms with Crippen molar-refractivity contribution in [3.8, 4) is 45.0 Å². The molecule has 0 fully saturated rings. The minimum atomic E-state index is 0.716. The zero-order valence-corrected chi connectivity index (χ0v) is 27.3. The van der Waals surface area contributed by atoms with E-state index in [9.17, 15) is 0 Å². The van der Waals surface area contributed by atoms with Crippen LogP contribution in [0.5, 0.6) is 0 Å². The van der Waals surface area contributed by atoms with E-state index in [0.717, 1.165) is 28.1 Å². The van der Waals surface area contributed by atoms with E-state index >= 15 is 0 Å². The molecule has 0 saturated heterocycles. The molecule has 228 valence electrons. The summed E-state index contributed by atoms with van der Waals surface area (Å²) in [6.45, 7) is 0. The molecule has 2 aromatic heterocycles. The Bertz CT molecular complexity index is 2870. The molecule has 0 spiro atoms. The number of aromatic nitrogens is 2. The molecule has 49 heavy (non-hydrogen) atoms. The summed E-state index contributed by atoms with van der Waals surface area (Å²) in [6, 6.07) is 60.8. The normalized spacial score (nSPS) is 11.7. The predicted molar refractivity (Wildman–Crippen MR) is 209 cm³/mol. The number of nitrogens with zero attached hydrogens (tertiary/aromatic N) is 2. The SMILES string of the molecule is c1ccc(-c2nc(-c3ccc(-c4cccc5sc6ccccc6c45)cc3)cc(-c3c4ccccc4cc4c3ccc3ccccc34)n2)cc1. The first kappa shape index (κ1) is 27.9. The second kappa shape index (κ2) is 11.2. The topological polar surface area (TPSA) is 25.8 Å². The number of hydrogen-bond acceptors (Lipinski definition) is 3. The van der Waals surface area contributed by atoms with Crippen molar-refractivity contribution in [3.05, 3.63) is 170 Å². The van der Waals surface area contributed by atoms with Crippen LogP contribution in [-0.4, -0.2) is 9.97 Å². The van der Waals surface area contributed by atoms with Crippen molar-refractivity contribution in [1.29, 1.82) is 0 Å². The van der Waals surface area contributed by atoms with Gasteiger partial charge in [-0.25, -0.2) is 9.97 Å². The van der Waals surface area contributed by atoms with Gasteiger partial charge in [-0.3, -0.25) is 0 Å². The van der Waals surface area contributed by atoms with Crippen LogP contribution in [0.2, 0.25) is 0 Å². The van der Waals surface area contributed by atoms with E-state index in [2.05, 4.69) is 152 Å². The van der Waals surface area contributed by atoms with Crippen molar-refractivity contribution in [2.24, 2.45) is 0 Å². The zero-order chi connectivity index (χ0) is 32.3. The molecule has 0 radical (unpaired) electrons. The largest absolute Gasteiger partial charge is 0.228 e. The summed E-state index contributed by atoms with van der Waals surface area (Å²) in [4.78, 5) is 10.5. The van der Waals surface area contributed by atoms with Gasteiger partial charge in [0.25, 0.3) is 0 Å². The molecule has 10 aromatic rings. The van der Waals surface area contributed by atoms with Crippen LogP contribution in [0.25, 0.3) is 97.5 Å². The van der Waals surface area contributed by atoms with Gasteiger partial charge in [0, 0.05) is 36.9 Å². The Labute approximate surface area is 287 Å². The van der Waals surface area contributed by atoms with E-state index in [4.69, 9.17) is 9.97 Å². The summed E-state index contributed by atoms with van der Waals surface area (Å²) in [5.74, 6) is 0.716. The van der Waals surface area contributed by atoms with Crippen LogP contribution in [0.4, 0.5) is 0 Å². The van der Waals surface area contributed by atoms with E-state index in [-0.39, 0.29) is 0 Å². The summed E-state index contributed by atoms with van der Waals surface area (Å²) in [5, 5.41) is 9.90. The highest BCUT2D eigenvalue weighted by Gasteiger charge is 2.17. The van der Waals surface area contributed by atoms with Gasteiger partial charge in [-0.05, 0) is 67.7 Å².